The maximum atomic E-state index is 10.2. The molecule has 7 nitrogen and oxygen atoms in total. The molecular weight excluding hydrogens is 264 g/mol. The van der Waals surface area contributed by atoms with Crippen LogP contribution in [0, 0.1) is 0 Å². The third-order valence-corrected chi connectivity index (χ3v) is 2.90. The summed E-state index contributed by atoms with van der Waals surface area (Å²) in [6, 6.07) is 0. The maximum absolute atomic E-state index is 10.2. The van der Waals surface area contributed by atoms with Gasteiger partial charge in [0.15, 0.2) is 0 Å². The minimum absolute atomic E-state index is 0.343. The Bertz CT molecular complexity index is 595. The summed E-state index contributed by atoms with van der Waals surface area (Å²) in [7, 11) is 0. The lowest BCUT2D eigenvalue weighted by atomic mass is 10.1. The smallest absolute Gasteiger partial charge is 0.268 e. The zero-order valence-corrected chi connectivity index (χ0v) is 10.8. The first-order valence-electron chi connectivity index (χ1n) is 5.46. The number of fused-ring (bicyclic) bond motifs is 1. The van der Waals surface area contributed by atoms with Crippen molar-refractivity contribution in [2.75, 3.05) is 12.3 Å². The molecule has 0 bridgehead atoms. The highest BCUT2D eigenvalue weighted by molar-refractivity contribution is 7.07. The van der Waals surface area contributed by atoms with Gasteiger partial charge in [-0.05, 0) is 0 Å². The molecule has 1 aliphatic rings. The average molecular weight is 276 g/mol. The van der Waals surface area contributed by atoms with Crippen LogP contribution in [0.4, 0.5) is 5.95 Å². The lowest BCUT2D eigenvalue weighted by Crippen LogP contribution is -2.10. The van der Waals surface area contributed by atoms with Gasteiger partial charge in [0.2, 0.25) is 5.95 Å². The number of hydrogen-bond acceptors (Lipinski definition) is 7. The van der Waals surface area contributed by atoms with E-state index in [0.717, 1.165) is 24.2 Å². The first-order chi connectivity index (χ1) is 9.16. The first-order valence-corrected chi connectivity index (χ1v) is 6.40. The summed E-state index contributed by atoms with van der Waals surface area (Å²) in [5.74, 6) is -0.120. The molecular formula is C11H12N6OS. The van der Waals surface area contributed by atoms with Gasteiger partial charge in [-0.2, -0.15) is 0 Å². The minimum atomic E-state index is -0.466. The average Bonchev–Trinajstić information content (AvgIpc) is 2.93. The second-order valence-electron chi connectivity index (χ2n) is 3.65. The van der Waals surface area contributed by atoms with E-state index in [1.165, 1.54) is 11.3 Å². The van der Waals surface area contributed by atoms with E-state index < -0.39 is 5.91 Å². The molecule has 4 N–H and O–H groups in total. The van der Waals surface area contributed by atoms with E-state index in [9.17, 15) is 4.79 Å². The normalized spacial score (nSPS) is 12.2. The first kappa shape index (κ1) is 13.1. The number of carbonyl (C=O) groups excluding carboxylic acids is 1. The fourth-order valence-corrected chi connectivity index (χ4v) is 1.96. The van der Waals surface area contributed by atoms with E-state index >= 15 is 0 Å². The van der Waals surface area contributed by atoms with E-state index in [-0.39, 0.29) is 0 Å². The van der Waals surface area contributed by atoms with Crippen molar-refractivity contribution in [2.45, 2.75) is 6.42 Å². The number of anilines is 1. The van der Waals surface area contributed by atoms with Crippen LogP contribution >= 0.6 is 11.3 Å². The van der Waals surface area contributed by atoms with Crippen LogP contribution in [0.15, 0.2) is 22.1 Å². The molecule has 0 saturated carbocycles. The van der Waals surface area contributed by atoms with E-state index in [1.54, 1.807) is 23.3 Å². The lowest BCUT2D eigenvalue weighted by Gasteiger charge is -2.07. The fraction of sp³-hybridized carbons (Fsp3) is 0.182. The van der Waals surface area contributed by atoms with Gasteiger partial charge in [-0.25, -0.2) is 15.0 Å². The molecule has 1 aliphatic heterocycles. The van der Waals surface area contributed by atoms with E-state index in [4.69, 9.17) is 11.5 Å². The molecule has 0 saturated heterocycles. The van der Waals surface area contributed by atoms with Crippen molar-refractivity contribution in [3.63, 3.8) is 0 Å². The van der Waals surface area contributed by atoms with E-state index in [1.807, 2.05) is 0 Å². The number of nitrogen functional groups attached to an aromatic ring is 1. The second-order valence-corrected chi connectivity index (χ2v) is 4.37. The Morgan fingerprint density at radius 1 is 1.37 bits per heavy atom. The van der Waals surface area contributed by atoms with Crippen LogP contribution in [-0.4, -0.2) is 33.6 Å². The van der Waals surface area contributed by atoms with Crippen molar-refractivity contribution >= 4 is 29.4 Å². The molecule has 0 fully saturated rings. The van der Waals surface area contributed by atoms with Gasteiger partial charge in [0.1, 0.15) is 5.69 Å². The van der Waals surface area contributed by atoms with E-state index in [0.29, 0.717) is 11.6 Å². The van der Waals surface area contributed by atoms with Crippen molar-refractivity contribution in [1.29, 1.82) is 0 Å². The van der Waals surface area contributed by atoms with Gasteiger partial charge in [0, 0.05) is 36.3 Å². The highest BCUT2D eigenvalue weighted by atomic mass is 32.1. The van der Waals surface area contributed by atoms with Crippen LogP contribution < -0.4 is 11.5 Å². The highest BCUT2D eigenvalue weighted by Crippen LogP contribution is 2.08. The number of nitrogens with two attached hydrogens (primary N) is 2. The van der Waals surface area contributed by atoms with Gasteiger partial charge in [0.25, 0.3) is 5.91 Å². The topological polar surface area (TPSA) is 120 Å². The summed E-state index contributed by atoms with van der Waals surface area (Å²) in [5, 5.41) is 1.61. The number of amides is 1. The number of thiazole rings is 1. The zero-order valence-electron chi connectivity index (χ0n) is 9.98. The molecule has 98 valence electrons. The summed E-state index contributed by atoms with van der Waals surface area (Å²) in [6.07, 6.45) is 4.37. The zero-order chi connectivity index (χ0) is 13.7. The predicted octanol–water partition coefficient (Wildman–Crippen LogP) is 0.276. The molecule has 1 amide bonds. The quantitative estimate of drug-likeness (QED) is 0.774. The largest absolute Gasteiger partial charge is 0.368 e. The number of nitrogens with zero attached hydrogens (tertiary/aromatic N) is 4. The molecule has 0 spiro atoms. The standard InChI is InChI=1S/C7H8N4.C4H4N2OS/c8-7-10-4-5-3-9-2-1-6(5)11-7;5-4(7)3-1-8-2-6-3/h3-4H,1-2H2,(H2,8,10,11);1-2H,(H2,5,7). The predicted molar refractivity (Wildman–Crippen MR) is 73.2 cm³/mol. The van der Waals surface area contributed by atoms with Crippen LogP contribution in [0.5, 0.6) is 0 Å². The van der Waals surface area contributed by atoms with Crippen molar-refractivity contribution in [2.24, 2.45) is 10.7 Å². The molecule has 19 heavy (non-hydrogen) atoms. The second kappa shape index (κ2) is 6.01. The number of carbonyl (C=O) groups is 1. The Hall–Kier alpha value is -2.35. The van der Waals surface area contributed by atoms with Gasteiger partial charge in [-0.1, -0.05) is 0 Å². The number of aromatic nitrogens is 3. The minimum Gasteiger partial charge on any atom is -0.368 e. The lowest BCUT2D eigenvalue weighted by molar-refractivity contribution is 0.0996. The Balaban J connectivity index is 0.000000148. The van der Waals surface area contributed by atoms with E-state index in [2.05, 4.69) is 19.9 Å². The molecule has 3 heterocycles. The SMILES string of the molecule is NC(=O)c1cscn1.Nc1ncc2c(n1)CCN=C2. The molecule has 2 aromatic rings. The number of hydrogen-bond donors (Lipinski definition) is 2. The molecule has 2 aromatic heterocycles. The van der Waals surface area contributed by atoms with Crippen LogP contribution in [0.2, 0.25) is 0 Å². The number of rotatable bonds is 1. The monoisotopic (exact) mass is 276 g/mol. The Morgan fingerprint density at radius 2 is 2.21 bits per heavy atom. The molecule has 8 heteroatoms. The van der Waals surface area contributed by atoms with Crippen LogP contribution in [0.3, 0.4) is 0 Å². The third-order valence-electron chi connectivity index (χ3n) is 2.31. The van der Waals surface area contributed by atoms with Crippen molar-refractivity contribution in [1.82, 2.24) is 15.0 Å². The molecule has 0 atom stereocenters. The van der Waals surface area contributed by atoms with Gasteiger partial charge in [-0.15, -0.1) is 11.3 Å². The Morgan fingerprint density at radius 3 is 2.84 bits per heavy atom. The summed E-state index contributed by atoms with van der Waals surface area (Å²) < 4.78 is 0. The van der Waals surface area contributed by atoms with Gasteiger partial charge in [0.05, 0.1) is 11.2 Å². The van der Waals surface area contributed by atoms with Crippen molar-refractivity contribution in [3.8, 4) is 0 Å². The summed E-state index contributed by atoms with van der Waals surface area (Å²) >= 11 is 1.36. The Labute approximate surface area is 113 Å². The number of aliphatic imine (C=N–C) groups is 1. The molecule has 3 rings (SSSR count). The van der Waals surface area contributed by atoms with Crippen molar-refractivity contribution in [3.05, 3.63) is 34.0 Å². The van der Waals surface area contributed by atoms with Gasteiger partial charge in [-0.3, -0.25) is 9.79 Å². The van der Waals surface area contributed by atoms with Gasteiger partial charge < -0.3 is 11.5 Å². The van der Waals surface area contributed by atoms with Crippen LogP contribution in [0.25, 0.3) is 0 Å². The number of primary amides is 1. The molecule has 0 aromatic carbocycles. The summed E-state index contributed by atoms with van der Waals surface area (Å²) in [6.45, 7) is 0.809. The molecule has 0 unspecified atom stereocenters. The van der Waals surface area contributed by atoms with Crippen molar-refractivity contribution < 1.29 is 4.79 Å². The third kappa shape index (κ3) is 3.55. The highest BCUT2D eigenvalue weighted by Gasteiger charge is 2.06. The maximum Gasteiger partial charge on any atom is 0.268 e. The summed E-state index contributed by atoms with van der Waals surface area (Å²) in [5.41, 5.74) is 14.2. The van der Waals surface area contributed by atoms with Gasteiger partial charge >= 0.3 is 0 Å². The molecule has 0 radical (unpaired) electrons. The van der Waals surface area contributed by atoms with Crippen LogP contribution in [-0.2, 0) is 6.42 Å². The summed E-state index contributed by atoms with van der Waals surface area (Å²) in [4.78, 5) is 25.9. The Kier molecular flexibility index (Phi) is 4.14. The van der Waals surface area contributed by atoms with Crippen LogP contribution in [0.1, 0.15) is 21.7 Å². The fourth-order valence-electron chi connectivity index (χ4n) is 1.42. The molecule has 0 aliphatic carbocycles.